The van der Waals surface area contributed by atoms with Crippen molar-refractivity contribution in [2.24, 2.45) is 11.8 Å². The van der Waals surface area contributed by atoms with Crippen LogP contribution in [-0.2, 0) is 9.59 Å². The number of nitrogens with one attached hydrogen (secondary N) is 1. The van der Waals surface area contributed by atoms with E-state index in [4.69, 9.17) is 5.11 Å². The van der Waals surface area contributed by atoms with Gasteiger partial charge in [0.2, 0.25) is 5.91 Å². The summed E-state index contributed by atoms with van der Waals surface area (Å²) >= 11 is 0. The lowest BCUT2D eigenvalue weighted by molar-refractivity contribution is -0.146. The Kier molecular flexibility index (Phi) is 5.07. The number of amides is 2. The summed E-state index contributed by atoms with van der Waals surface area (Å²) < 4.78 is 0. The molecule has 2 heterocycles. The van der Waals surface area contributed by atoms with E-state index in [0.717, 1.165) is 10.9 Å². The smallest absolute Gasteiger partial charge is 0.306 e. The number of aromatic nitrogens is 1. The molecular formula is C21H25N3O4. The van der Waals surface area contributed by atoms with E-state index >= 15 is 0 Å². The molecule has 1 aliphatic carbocycles. The minimum absolute atomic E-state index is 0.0368. The molecule has 7 nitrogen and oxygen atoms in total. The maximum absolute atomic E-state index is 12.8. The van der Waals surface area contributed by atoms with Gasteiger partial charge in [-0.1, -0.05) is 18.2 Å². The molecule has 1 saturated carbocycles. The van der Waals surface area contributed by atoms with E-state index in [1.54, 1.807) is 4.90 Å². The second-order valence-electron chi connectivity index (χ2n) is 7.77. The van der Waals surface area contributed by atoms with Crippen LogP contribution in [0, 0.1) is 11.8 Å². The van der Waals surface area contributed by atoms with E-state index < -0.39 is 5.97 Å². The van der Waals surface area contributed by atoms with Gasteiger partial charge in [-0.15, -0.1) is 0 Å². The van der Waals surface area contributed by atoms with Crippen molar-refractivity contribution in [3.05, 3.63) is 36.0 Å². The van der Waals surface area contributed by atoms with Crippen LogP contribution in [0.2, 0.25) is 0 Å². The number of hydrogen-bond acceptors (Lipinski definition) is 3. The van der Waals surface area contributed by atoms with Crippen molar-refractivity contribution < 1.29 is 19.5 Å². The van der Waals surface area contributed by atoms with Gasteiger partial charge in [-0.25, -0.2) is 0 Å². The zero-order valence-electron chi connectivity index (χ0n) is 15.8. The van der Waals surface area contributed by atoms with Gasteiger partial charge in [-0.05, 0) is 37.8 Å². The van der Waals surface area contributed by atoms with Gasteiger partial charge < -0.3 is 19.9 Å². The molecule has 2 aliphatic rings. The summed E-state index contributed by atoms with van der Waals surface area (Å²) in [6.07, 6.45) is 2.43. The largest absolute Gasteiger partial charge is 0.481 e. The predicted molar refractivity (Wildman–Crippen MR) is 104 cm³/mol. The number of carboxylic acids is 1. The van der Waals surface area contributed by atoms with E-state index in [2.05, 4.69) is 4.98 Å². The lowest BCUT2D eigenvalue weighted by atomic mass is 9.81. The van der Waals surface area contributed by atoms with Crippen LogP contribution in [-0.4, -0.2) is 63.9 Å². The third kappa shape index (κ3) is 3.61. The Hall–Kier alpha value is -2.83. The van der Waals surface area contributed by atoms with Crippen LogP contribution in [0.15, 0.2) is 30.3 Å². The number of piperazine rings is 1. The molecule has 1 aromatic carbocycles. The Morgan fingerprint density at radius 1 is 0.893 bits per heavy atom. The fourth-order valence-electron chi connectivity index (χ4n) is 4.33. The summed E-state index contributed by atoms with van der Waals surface area (Å²) in [6.45, 7) is 2.10. The number of carbonyl (C=O) groups excluding carboxylic acids is 2. The Morgan fingerprint density at radius 2 is 1.50 bits per heavy atom. The first-order valence-corrected chi connectivity index (χ1v) is 9.91. The van der Waals surface area contributed by atoms with Gasteiger partial charge in [0.05, 0.1) is 5.92 Å². The number of fused-ring (bicyclic) bond motifs is 1. The SMILES string of the molecule is O=C(O)C1CCC(C(=O)N2CCN(C(=O)c3cc4ccccc4[nH]3)CC2)CC1. The Balaban J connectivity index is 1.32. The zero-order valence-corrected chi connectivity index (χ0v) is 15.8. The Labute approximate surface area is 163 Å². The molecule has 7 heteroatoms. The fourth-order valence-corrected chi connectivity index (χ4v) is 4.33. The summed E-state index contributed by atoms with van der Waals surface area (Å²) in [5.74, 6) is -1.07. The molecule has 0 radical (unpaired) electrons. The number of carbonyl (C=O) groups is 3. The van der Waals surface area contributed by atoms with E-state index in [0.29, 0.717) is 57.6 Å². The van der Waals surface area contributed by atoms with Gasteiger partial charge in [-0.2, -0.15) is 0 Å². The van der Waals surface area contributed by atoms with Crippen molar-refractivity contribution in [1.29, 1.82) is 0 Å². The first-order chi connectivity index (χ1) is 13.5. The van der Waals surface area contributed by atoms with Crippen LogP contribution in [0.5, 0.6) is 0 Å². The van der Waals surface area contributed by atoms with E-state index in [1.165, 1.54) is 0 Å². The number of H-pyrrole nitrogens is 1. The van der Waals surface area contributed by atoms with Gasteiger partial charge in [0.25, 0.3) is 5.91 Å². The first-order valence-electron chi connectivity index (χ1n) is 9.91. The minimum atomic E-state index is -0.755. The van der Waals surface area contributed by atoms with E-state index in [-0.39, 0.29) is 23.7 Å². The number of aromatic amines is 1. The highest BCUT2D eigenvalue weighted by Crippen LogP contribution is 2.30. The topological polar surface area (TPSA) is 93.7 Å². The monoisotopic (exact) mass is 383 g/mol. The van der Waals surface area contributed by atoms with Gasteiger partial charge in [0.1, 0.15) is 5.69 Å². The second-order valence-corrected chi connectivity index (χ2v) is 7.77. The minimum Gasteiger partial charge on any atom is -0.481 e. The molecule has 4 rings (SSSR count). The van der Waals surface area contributed by atoms with Crippen molar-refractivity contribution in [2.45, 2.75) is 25.7 Å². The molecule has 1 aliphatic heterocycles. The predicted octanol–water partition coefficient (Wildman–Crippen LogP) is 2.34. The molecule has 1 saturated heterocycles. The van der Waals surface area contributed by atoms with Crippen molar-refractivity contribution in [3.8, 4) is 0 Å². The van der Waals surface area contributed by atoms with Crippen LogP contribution in [0.25, 0.3) is 10.9 Å². The zero-order chi connectivity index (χ0) is 19.7. The number of aliphatic carboxylic acids is 1. The summed E-state index contributed by atoms with van der Waals surface area (Å²) in [5, 5.41) is 10.1. The molecule has 2 aromatic rings. The fraction of sp³-hybridized carbons (Fsp3) is 0.476. The quantitative estimate of drug-likeness (QED) is 0.851. The maximum Gasteiger partial charge on any atom is 0.306 e. The number of para-hydroxylation sites is 1. The Morgan fingerprint density at radius 3 is 2.14 bits per heavy atom. The van der Waals surface area contributed by atoms with Crippen molar-refractivity contribution >= 4 is 28.7 Å². The number of carboxylic acid groups (broad SMARTS) is 1. The Bertz CT molecular complexity index is 857. The van der Waals surface area contributed by atoms with Crippen molar-refractivity contribution in [2.75, 3.05) is 26.2 Å². The number of rotatable bonds is 3. The van der Waals surface area contributed by atoms with Gasteiger partial charge >= 0.3 is 5.97 Å². The van der Waals surface area contributed by atoms with Crippen molar-refractivity contribution in [1.82, 2.24) is 14.8 Å². The lowest BCUT2D eigenvalue weighted by Crippen LogP contribution is -2.52. The summed E-state index contributed by atoms with van der Waals surface area (Å²) in [4.78, 5) is 43.4. The highest BCUT2D eigenvalue weighted by atomic mass is 16.4. The van der Waals surface area contributed by atoms with Crippen LogP contribution in [0.3, 0.4) is 0 Å². The molecular weight excluding hydrogens is 358 g/mol. The average Bonchev–Trinajstić information content (AvgIpc) is 3.17. The normalized spacial score (nSPS) is 23.0. The molecule has 2 fully saturated rings. The van der Waals surface area contributed by atoms with E-state index in [9.17, 15) is 14.4 Å². The number of nitrogens with zero attached hydrogens (tertiary/aromatic N) is 2. The molecule has 0 atom stereocenters. The van der Waals surface area contributed by atoms with E-state index in [1.807, 2.05) is 35.2 Å². The second kappa shape index (κ2) is 7.66. The molecule has 2 N–H and O–H groups in total. The molecule has 0 bridgehead atoms. The van der Waals surface area contributed by atoms with Gasteiger partial charge in [-0.3, -0.25) is 14.4 Å². The lowest BCUT2D eigenvalue weighted by Gasteiger charge is -2.37. The molecule has 2 amide bonds. The molecule has 0 unspecified atom stereocenters. The third-order valence-electron chi connectivity index (χ3n) is 6.06. The van der Waals surface area contributed by atoms with Crippen LogP contribution in [0.4, 0.5) is 0 Å². The molecule has 148 valence electrons. The highest BCUT2D eigenvalue weighted by molar-refractivity contribution is 5.98. The molecule has 0 spiro atoms. The summed E-state index contributed by atoms with van der Waals surface area (Å²) in [7, 11) is 0. The average molecular weight is 383 g/mol. The van der Waals surface area contributed by atoms with Gasteiger partial charge in [0.15, 0.2) is 0 Å². The number of hydrogen-bond donors (Lipinski definition) is 2. The van der Waals surface area contributed by atoms with Crippen LogP contribution >= 0.6 is 0 Å². The maximum atomic E-state index is 12.8. The molecule has 1 aromatic heterocycles. The van der Waals surface area contributed by atoms with Crippen LogP contribution in [0.1, 0.15) is 36.2 Å². The summed E-state index contributed by atoms with van der Waals surface area (Å²) in [6, 6.07) is 9.66. The van der Waals surface area contributed by atoms with Gasteiger partial charge in [0, 0.05) is 43.0 Å². The first kappa shape index (κ1) is 18.5. The summed E-state index contributed by atoms with van der Waals surface area (Å²) in [5.41, 5.74) is 1.52. The van der Waals surface area contributed by atoms with Crippen molar-refractivity contribution in [3.63, 3.8) is 0 Å². The number of benzene rings is 1. The highest BCUT2D eigenvalue weighted by Gasteiger charge is 2.34. The third-order valence-corrected chi connectivity index (χ3v) is 6.06. The standard InChI is InChI=1S/C21H25N3O4/c25-19(14-5-7-15(8-6-14)21(27)28)23-9-11-24(12-10-23)20(26)18-13-16-3-1-2-4-17(16)22-18/h1-4,13-15,22H,5-12H2,(H,27,28). The van der Waals surface area contributed by atoms with Crippen LogP contribution < -0.4 is 0 Å². The molecule has 28 heavy (non-hydrogen) atoms.